The van der Waals surface area contributed by atoms with Crippen molar-refractivity contribution in [2.45, 2.75) is 0 Å². The van der Waals surface area contributed by atoms with Crippen molar-refractivity contribution in [2.24, 2.45) is 0 Å². The van der Waals surface area contributed by atoms with E-state index in [1.807, 2.05) is 0 Å². The standard InChI is InChI=1S/C10H6N4O2S/c11-3-5-16-10(15)9-8(13-14-17-9)7-2-1-4-12-6-7/h1-2,4,6H,5H2. The molecule has 0 aliphatic heterocycles. The van der Waals surface area contributed by atoms with E-state index < -0.39 is 5.97 Å². The largest absolute Gasteiger partial charge is 0.446 e. The Bertz CT molecular complexity index is 561. The van der Waals surface area contributed by atoms with Gasteiger partial charge < -0.3 is 4.74 Å². The number of ether oxygens (including phenoxy) is 1. The van der Waals surface area contributed by atoms with Crippen molar-refractivity contribution in [3.63, 3.8) is 0 Å². The van der Waals surface area contributed by atoms with Crippen molar-refractivity contribution < 1.29 is 9.53 Å². The molecule has 0 spiro atoms. The van der Waals surface area contributed by atoms with Crippen LogP contribution in [0, 0.1) is 11.3 Å². The van der Waals surface area contributed by atoms with Crippen molar-refractivity contribution in [3.05, 3.63) is 29.4 Å². The number of carbonyl (C=O) groups is 1. The van der Waals surface area contributed by atoms with Gasteiger partial charge in [-0.05, 0) is 23.7 Å². The van der Waals surface area contributed by atoms with Crippen molar-refractivity contribution >= 4 is 17.5 Å². The number of nitrogens with zero attached hydrogens (tertiary/aromatic N) is 4. The third-order valence-corrected chi connectivity index (χ3v) is 2.58. The summed E-state index contributed by atoms with van der Waals surface area (Å²) in [7, 11) is 0. The van der Waals surface area contributed by atoms with Gasteiger partial charge in [-0.3, -0.25) is 4.98 Å². The Labute approximate surface area is 101 Å². The number of esters is 1. The number of pyridine rings is 1. The molecule has 0 aromatic carbocycles. The lowest BCUT2D eigenvalue weighted by Gasteiger charge is -1.99. The zero-order valence-electron chi connectivity index (χ0n) is 8.53. The van der Waals surface area contributed by atoms with E-state index in [1.54, 1.807) is 30.6 Å². The molecule has 2 rings (SSSR count). The highest BCUT2D eigenvalue weighted by atomic mass is 32.1. The van der Waals surface area contributed by atoms with Crippen LogP contribution in [0.25, 0.3) is 11.3 Å². The summed E-state index contributed by atoms with van der Waals surface area (Å²) in [4.78, 5) is 15.8. The Morgan fingerprint density at radius 2 is 2.47 bits per heavy atom. The van der Waals surface area contributed by atoms with Crippen molar-refractivity contribution in [1.82, 2.24) is 14.6 Å². The molecule has 0 saturated carbocycles. The van der Waals surface area contributed by atoms with Crippen LogP contribution in [0.1, 0.15) is 9.67 Å². The number of aromatic nitrogens is 3. The maximum absolute atomic E-state index is 11.6. The third kappa shape index (κ3) is 2.43. The molecule has 0 aliphatic carbocycles. The molecule has 84 valence electrons. The second-order valence-corrected chi connectivity index (χ2v) is 3.68. The fourth-order valence-electron chi connectivity index (χ4n) is 1.18. The number of carbonyl (C=O) groups excluding carboxylic acids is 1. The second-order valence-electron chi connectivity index (χ2n) is 2.93. The average molecular weight is 246 g/mol. The summed E-state index contributed by atoms with van der Waals surface area (Å²) in [5.74, 6) is -0.597. The summed E-state index contributed by atoms with van der Waals surface area (Å²) < 4.78 is 8.42. The molecule has 2 aromatic rings. The molecule has 0 fully saturated rings. The lowest BCUT2D eigenvalue weighted by molar-refractivity contribution is 0.0561. The van der Waals surface area contributed by atoms with Gasteiger partial charge in [0.05, 0.1) is 0 Å². The van der Waals surface area contributed by atoms with Crippen LogP contribution in [0.15, 0.2) is 24.5 Å². The molecule has 0 saturated heterocycles. The summed E-state index contributed by atoms with van der Waals surface area (Å²) in [6.07, 6.45) is 3.20. The molecule has 0 amide bonds. The zero-order valence-corrected chi connectivity index (χ0v) is 9.35. The molecule has 0 N–H and O–H groups in total. The zero-order chi connectivity index (χ0) is 12.1. The first kappa shape index (κ1) is 11.2. The first-order chi connectivity index (χ1) is 8.33. The molecule has 7 heteroatoms. The number of rotatable bonds is 3. The summed E-state index contributed by atoms with van der Waals surface area (Å²) in [5, 5.41) is 12.2. The molecule has 6 nitrogen and oxygen atoms in total. The average Bonchev–Trinajstić information content (AvgIpc) is 2.86. The highest BCUT2D eigenvalue weighted by Gasteiger charge is 2.19. The third-order valence-electron chi connectivity index (χ3n) is 1.88. The van der Waals surface area contributed by atoms with Gasteiger partial charge in [-0.1, -0.05) is 4.49 Å². The molecule has 0 radical (unpaired) electrons. The number of hydrogen-bond donors (Lipinski definition) is 0. The topological polar surface area (TPSA) is 88.8 Å². The van der Waals surface area contributed by atoms with E-state index in [9.17, 15) is 4.79 Å². The molecule has 0 aliphatic rings. The number of nitriles is 1. The van der Waals surface area contributed by atoms with Crippen LogP contribution in [-0.2, 0) is 4.74 Å². The van der Waals surface area contributed by atoms with Gasteiger partial charge in [0.2, 0.25) is 0 Å². The molecule has 2 aromatic heterocycles. The van der Waals surface area contributed by atoms with Crippen LogP contribution in [0.4, 0.5) is 0 Å². The molecule has 0 bridgehead atoms. The summed E-state index contributed by atoms with van der Waals surface area (Å²) in [6, 6.07) is 5.23. The quantitative estimate of drug-likeness (QED) is 0.758. The van der Waals surface area contributed by atoms with Gasteiger partial charge >= 0.3 is 5.97 Å². The normalized spacial score (nSPS) is 9.59. The van der Waals surface area contributed by atoms with E-state index in [2.05, 4.69) is 14.6 Å². The SMILES string of the molecule is N#CCOC(=O)c1snnc1-c1cccnc1. The molecular weight excluding hydrogens is 240 g/mol. The minimum Gasteiger partial charge on any atom is -0.446 e. The van der Waals surface area contributed by atoms with Crippen molar-refractivity contribution in [1.29, 1.82) is 5.26 Å². The Kier molecular flexibility index (Phi) is 3.37. The first-order valence-corrected chi connectivity index (χ1v) is 5.37. The highest BCUT2D eigenvalue weighted by Crippen LogP contribution is 2.23. The van der Waals surface area contributed by atoms with Gasteiger partial charge in [0.15, 0.2) is 11.5 Å². The van der Waals surface area contributed by atoms with E-state index in [1.165, 1.54) is 0 Å². The van der Waals surface area contributed by atoms with Crippen LogP contribution < -0.4 is 0 Å². The van der Waals surface area contributed by atoms with Crippen LogP contribution in [0.3, 0.4) is 0 Å². The predicted octanol–water partition coefficient (Wildman–Crippen LogP) is 1.28. The fraction of sp³-hybridized carbons (Fsp3) is 0.100. The minimum absolute atomic E-state index is 0.272. The molecule has 0 unspecified atom stereocenters. The van der Waals surface area contributed by atoms with E-state index in [4.69, 9.17) is 10.00 Å². The summed E-state index contributed by atoms with van der Waals surface area (Å²) in [6.45, 7) is -0.288. The smallest absolute Gasteiger partial charge is 0.353 e. The van der Waals surface area contributed by atoms with E-state index in [0.717, 1.165) is 11.5 Å². The van der Waals surface area contributed by atoms with Gasteiger partial charge in [0, 0.05) is 18.0 Å². The maximum atomic E-state index is 11.6. The van der Waals surface area contributed by atoms with Crippen LogP contribution in [0.5, 0.6) is 0 Å². The van der Waals surface area contributed by atoms with Crippen LogP contribution >= 0.6 is 11.5 Å². The van der Waals surface area contributed by atoms with Crippen molar-refractivity contribution in [3.8, 4) is 17.3 Å². The van der Waals surface area contributed by atoms with Gasteiger partial charge in [-0.25, -0.2) is 4.79 Å². The van der Waals surface area contributed by atoms with Gasteiger partial charge in [-0.2, -0.15) is 5.26 Å². The Morgan fingerprint density at radius 3 is 3.18 bits per heavy atom. The lowest BCUT2D eigenvalue weighted by Crippen LogP contribution is -2.04. The second kappa shape index (κ2) is 5.14. The van der Waals surface area contributed by atoms with Gasteiger partial charge in [0.25, 0.3) is 0 Å². The molecule has 0 atom stereocenters. The molecule has 17 heavy (non-hydrogen) atoms. The number of hydrogen-bond acceptors (Lipinski definition) is 7. The highest BCUT2D eigenvalue weighted by molar-refractivity contribution is 7.08. The minimum atomic E-state index is -0.597. The van der Waals surface area contributed by atoms with E-state index in [0.29, 0.717) is 11.3 Å². The first-order valence-electron chi connectivity index (χ1n) is 4.59. The summed E-state index contributed by atoms with van der Waals surface area (Å²) >= 11 is 0.930. The Hall–Kier alpha value is -2.33. The van der Waals surface area contributed by atoms with Crippen molar-refractivity contribution in [2.75, 3.05) is 6.61 Å². The predicted molar refractivity (Wildman–Crippen MR) is 59.0 cm³/mol. The van der Waals surface area contributed by atoms with E-state index in [-0.39, 0.29) is 11.5 Å². The monoisotopic (exact) mass is 246 g/mol. The maximum Gasteiger partial charge on any atom is 0.353 e. The molecular formula is C10H6N4O2S. The Balaban J connectivity index is 2.30. The van der Waals surface area contributed by atoms with Crippen LogP contribution in [-0.4, -0.2) is 27.1 Å². The van der Waals surface area contributed by atoms with Crippen LogP contribution in [0.2, 0.25) is 0 Å². The lowest BCUT2D eigenvalue weighted by atomic mass is 10.2. The fourth-order valence-corrected chi connectivity index (χ4v) is 1.76. The van der Waals surface area contributed by atoms with Gasteiger partial charge in [-0.15, -0.1) is 5.10 Å². The van der Waals surface area contributed by atoms with E-state index >= 15 is 0 Å². The Morgan fingerprint density at radius 1 is 1.59 bits per heavy atom. The summed E-state index contributed by atoms with van der Waals surface area (Å²) in [5.41, 5.74) is 1.11. The van der Waals surface area contributed by atoms with Gasteiger partial charge in [0.1, 0.15) is 11.8 Å². The molecule has 2 heterocycles.